The van der Waals surface area contributed by atoms with Crippen molar-refractivity contribution in [2.75, 3.05) is 31.1 Å². The van der Waals surface area contributed by atoms with Crippen LogP contribution >= 0.6 is 22.9 Å². The summed E-state index contributed by atoms with van der Waals surface area (Å²) < 4.78 is 2.41. The van der Waals surface area contributed by atoms with Gasteiger partial charge in [0.15, 0.2) is 0 Å². The summed E-state index contributed by atoms with van der Waals surface area (Å²) in [6.07, 6.45) is 3.40. The zero-order valence-corrected chi connectivity index (χ0v) is 20.8. The van der Waals surface area contributed by atoms with Crippen LogP contribution in [0.1, 0.15) is 33.9 Å². The number of anilines is 1. The Bertz CT molecular complexity index is 1370. The van der Waals surface area contributed by atoms with Crippen LogP contribution in [0.3, 0.4) is 0 Å². The minimum atomic E-state index is 0.0449. The van der Waals surface area contributed by atoms with E-state index >= 15 is 0 Å². The van der Waals surface area contributed by atoms with Crippen LogP contribution < -0.4 is 4.90 Å². The Hall–Kier alpha value is -2.67. The van der Waals surface area contributed by atoms with E-state index in [-0.39, 0.29) is 5.91 Å². The first-order valence-corrected chi connectivity index (χ1v) is 13.2. The van der Waals surface area contributed by atoms with E-state index in [1.54, 1.807) is 0 Å². The van der Waals surface area contributed by atoms with Gasteiger partial charge in [0.25, 0.3) is 5.91 Å². The highest BCUT2D eigenvalue weighted by molar-refractivity contribution is 7.17. The summed E-state index contributed by atoms with van der Waals surface area (Å²) in [7, 11) is 0. The van der Waals surface area contributed by atoms with Crippen LogP contribution in [0.4, 0.5) is 5.69 Å². The van der Waals surface area contributed by atoms with E-state index in [9.17, 15) is 4.79 Å². The van der Waals surface area contributed by atoms with Crippen molar-refractivity contribution in [3.8, 4) is 10.6 Å². The van der Waals surface area contributed by atoms with Gasteiger partial charge < -0.3 is 14.4 Å². The molecule has 1 fully saturated rings. The largest absolute Gasteiger partial charge is 0.344 e. The molecular formula is C27H27ClN4OS. The van der Waals surface area contributed by atoms with Gasteiger partial charge in [0.2, 0.25) is 0 Å². The van der Waals surface area contributed by atoms with Crippen molar-refractivity contribution < 1.29 is 4.79 Å². The van der Waals surface area contributed by atoms with Gasteiger partial charge in [-0.3, -0.25) is 4.79 Å². The predicted molar refractivity (Wildman–Crippen MR) is 140 cm³/mol. The maximum Gasteiger partial charge on any atom is 0.270 e. The number of hydrogen-bond acceptors (Lipinski definition) is 4. The van der Waals surface area contributed by atoms with E-state index in [0.717, 1.165) is 46.3 Å². The third-order valence-electron chi connectivity index (χ3n) is 7.04. The molecule has 0 radical (unpaired) electrons. The highest BCUT2D eigenvalue weighted by Gasteiger charge is 2.30. The number of benzene rings is 2. The molecule has 174 valence electrons. The molecule has 1 saturated heterocycles. The number of carbonyl (C=O) groups is 1. The minimum Gasteiger partial charge on any atom is -0.344 e. The van der Waals surface area contributed by atoms with E-state index in [0.29, 0.717) is 11.6 Å². The fourth-order valence-corrected chi connectivity index (χ4v) is 6.39. The maximum absolute atomic E-state index is 13.4. The summed E-state index contributed by atoms with van der Waals surface area (Å²) in [5.74, 6) is 0.0449. The molecule has 0 aliphatic carbocycles. The molecule has 0 N–H and O–H groups in total. The lowest BCUT2D eigenvalue weighted by molar-refractivity contribution is 0.0984. The average Bonchev–Trinajstić information content (AvgIpc) is 3.57. The Balaban J connectivity index is 1.25. The number of aryl methyl sites for hydroxylation is 1. The molecule has 2 aliphatic heterocycles. The van der Waals surface area contributed by atoms with Gasteiger partial charge in [0.05, 0.1) is 5.69 Å². The number of nitrogens with zero attached hydrogens (tertiary/aromatic N) is 4. The van der Waals surface area contributed by atoms with Crippen LogP contribution in [0.15, 0.2) is 48.5 Å². The van der Waals surface area contributed by atoms with E-state index in [2.05, 4.69) is 40.7 Å². The number of rotatable bonds is 5. The van der Waals surface area contributed by atoms with E-state index in [4.69, 9.17) is 16.6 Å². The van der Waals surface area contributed by atoms with Crippen molar-refractivity contribution >= 4 is 45.4 Å². The number of aromatic nitrogens is 2. The number of thiazole rings is 1. The highest BCUT2D eigenvalue weighted by Crippen LogP contribution is 2.35. The molecule has 7 heteroatoms. The van der Waals surface area contributed by atoms with Crippen LogP contribution in [-0.2, 0) is 13.0 Å². The zero-order valence-electron chi connectivity index (χ0n) is 19.3. The topological polar surface area (TPSA) is 41.4 Å². The number of halogens is 1. The van der Waals surface area contributed by atoms with Crippen molar-refractivity contribution in [3.63, 3.8) is 0 Å². The number of hydrogen-bond donors (Lipinski definition) is 0. The SMILES string of the molecule is Cc1cc2cc(N3CCc4nc(-c5ccc(Cl)cc5)sc4C3=O)ccc2n1CCN1CCCC1. The lowest BCUT2D eigenvalue weighted by Crippen LogP contribution is -2.36. The van der Waals surface area contributed by atoms with Gasteiger partial charge in [-0.25, -0.2) is 4.98 Å². The minimum absolute atomic E-state index is 0.0449. The summed E-state index contributed by atoms with van der Waals surface area (Å²) in [6.45, 7) is 7.38. The molecule has 34 heavy (non-hydrogen) atoms. The van der Waals surface area contributed by atoms with Crippen molar-refractivity contribution in [2.45, 2.75) is 32.7 Å². The Morgan fingerprint density at radius 1 is 1.00 bits per heavy atom. The van der Waals surface area contributed by atoms with Gasteiger partial charge >= 0.3 is 0 Å². The summed E-state index contributed by atoms with van der Waals surface area (Å²) in [4.78, 5) is 23.4. The Morgan fingerprint density at radius 2 is 1.79 bits per heavy atom. The van der Waals surface area contributed by atoms with Crippen molar-refractivity contribution in [1.29, 1.82) is 0 Å². The Kier molecular flexibility index (Phi) is 5.68. The molecule has 5 nitrogen and oxygen atoms in total. The van der Waals surface area contributed by atoms with Gasteiger partial charge in [-0.15, -0.1) is 11.3 Å². The lowest BCUT2D eigenvalue weighted by Gasteiger charge is -2.26. The van der Waals surface area contributed by atoms with Gasteiger partial charge in [0, 0.05) is 58.9 Å². The van der Waals surface area contributed by atoms with Gasteiger partial charge in [0.1, 0.15) is 9.88 Å². The van der Waals surface area contributed by atoms with Crippen LogP contribution in [0, 0.1) is 6.92 Å². The van der Waals surface area contributed by atoms with Crippen molar-refractivity contribution in [2.24, 2.45) is 0 Å². The molecule has 0 unspecified atom stereocenters. The van der Waals surface area contributed by atoms with E-state index in [1.807, 2.05) is 29.2 Å². The first-order chi connectivity index (χ1) is 16.6. The molecule has 2 aliphatic rings. The molecule has 6 rings (SSSR count). The van der Waals surface area contributed by atoms with Gasteiger partial charge in [-0.05, 0) is 69.3 Å². The van der Waals surface area contributed by atoms with Gasteiger partial charge in [-0.1, -0.05) is 23.7 Å². The maximum atomic E-state index is 13.4. The summed E-state index contributed by atoms with van der Waals surface area (Å²) in [5.41, 5.74) is 5.37. The zero-order chi connectivity index (χ0) is 23.2. The standard InChI is InChI=1S/C27H27ClN4OS/c1-18-16-20-17-22(8-9-24(20)31(18)15-14-30-11-2-3-12-30)32-13-10-23-25(27(32)33)34-26(29-23)19-4-6-21(28)7-5-19/h4-9,16-17H,2-3,10-15H2,1H3. The van der Waals surface area contributed by atoms with Crippen LogP contribution in [-0.4, -0.2) is 46.5 Å². The van der Waals surface area contributed by atoms with Crippen LogP contribution in [0.2, 0.25) is 5.02 Å². The normalized spacial score (nSPS) is 16.5. The number of amides is 1. The number of likely N-dealkylation sites (tertiary alicyclic amines) is 1. The molecule has 1 amide bonds. The van der Waals surface area contributed by atoms with Gasteiger partial charge in [-0.2, -0.15) is 0 Å². The molecule has 0 saturated carbocycles. The fraction of sp³-hybridized carbons (Fsp3) is 0.333. The van der Waals surface area contributed by atoms with Crippen molar-refractivity contribution in [3.05, 3.63) is 69.8 Å². The second kappa shape index (κ2) is 8.84. The second-order valence-corrected chi connectivity index (χ2v) is 10.7. The molecular weight excluding hydrogens is 464 g/mol. The second-order valence-electron chi connectivity index (χ2n) is 9.24. The summed E-state index contributed by atoms with van der Waals surface area (Å²) >= 11 is 7.50. The summed E-state index contributed by atoms with van der Waals surface area (Å²) in [6, 6.07) is 16.3. The fourth-order valence-electron chi connectivity index (χ4n) is 5.20. The molecule has 2 aromatic heterocycles. The molecule has 0 bridgehead atoms. The molecule has 0 spiro atoms. The third kappa shape index (κ3) is 3.94. The van der Waals surface area contributed by atoms with Crippen molar-refractivity contribution in [1.82, 2.24) is 14.5 Å². The molecule has 4 heterocycles. The molecule has 0 atom stereocenters. The first-order valence-electron chi connectivity index (χ1n) is 12.0. The first kappa shape index (κ1) is 21.8. The Morgan fingerprint density at radius 3 is 2.59 bits per heavy atom. The summed E-state index contributed by atoms with van der Waals surface area (Å²) in [5, 5.41) is 2.77. The van der Waals surface area contributed by atoms with E-state index < -0.39 is 0 Å². The average molecular weight is 491 g/mol. The van der Waals surface area contributed by atoms with Crippen LogP contribution in [0.25, 0.3) is 21.5 Å². The van der Waals surface area contributed by atoms with Crippen LogP contribution in [0.5, 0.6) is 0 Å². The monoisotopic (exact) mass is 490 g/mol. The highest BCUT2D eigenvalue weighted by atomic mass is 35.5. The smallest absolute Gasteiger partial charge is 0.270 e. The lowest BCUT2D eigenvalue weighted by atomic mass is 10.1. The predicted octanol–water partition coefficient (Wildman–Crippen LogP) is 6.03. The quantitative estimate of drug-likeness (QED) is 0.343. The number of carbonyl (C=O) groups excluding carboxylic acids is 1. The molecule has 2 aromatic carbocycles. The molecule has 4 aromatic rings. The Labute approximate surface area is 208 Å². The third-order valence-corrected chi connectivity index (χ3v) is 8.43. The van der Waals surface area contributed by atoms with E-state index in [1.165, 1.54) is 53.9 Å². The number of fused-ring (bicyclic) bond motifs is 2.